The van der Waals surface area contributed by atoms with Crippen LogP contribution in [0.15, 0.2) is 46.9 Å². The van der Waals surface area contributed by atoms with Crippen molar-refractivity contribution in [3.8, 4) is 0 Å². The van der Waals surface area contributed by atoms with E-state index in [1.807, 2.05) is 42.5 Å². The molecule has 1 aromatic heterocycles. The normalized spacial score (nSPS) is 20.2. The van der Waals surface area contributed by atoms with E-state index < -0.39 is 10.0 Å². The highest BCUT2D eigenvalue weighted by molar-refractivity contribution is 7.89. The summed E-state index contributed by atoms with van der Waals surface area (Å²) in [6.07, 6.45) is 1.20. The van der Waals surface area contributed by atoms with E-state index in [0.717, 1.165) is 23.0 Å². The number of rotatable bonds is 9. The maximum Gasteiger partial charge on any atom is 0.213 e. The summed E-state index contributed by atoms with van der Waals surface area (Å²) < 4.78 is 32.4. The first-order valence-electron chi connectivity index (χ1n) is 8.34. The maximum atomic E-state index is 12.0. The predicted molar refractivity (Wildman–Crippen MR) is 94.0 cm³/mol. The third-order valence-electron chi connectivity index (χ3n) is 4.34. The molecule has 1 aliphatic carbocycles. The summed E-state index contributed by atoms with van der Waals surface area (Å²) in [5, 5.41) is 3.13. The molecule has 1 fully saturated rings. The highest BCUT2D eigenvalue weighted by Crippen LogP contribution is 2.47. The second-order valence-electron chi connectivity index (χ2n) is 6.43. The van der Waals surface area contributed by atoms with Crippen molar-refractivity contribution in [3.63, 3.8) is 0 Å². The fourth-order valence-electron chi connectivity index (χ4n) is 2.69. The van der Waals surface area contributed by atoms with Crippen molar-refractivity contribution in [3.05, 3.63) is 59.5 Å². The van der Waals surface area contributed by atoms with Gasteiger partial charge in [-0.15, -0.1) is 0 Å². The topological polar surface area (TPSA) is 71.3 Å². The number of furan rings is 1. The van der Waals surface area contributed by atoms with Crippen LogP contribution in [0.1, 0.15) is 36.3 Å². The van der Waals surface area contributed by atoms with E-state index in [9.17, 15) is 8.42 Å². The molecule has 2 atom stereocenters. The van der Waals surface area contributed by atoms with Crippen molar-refractivity contribution in [1.82, 2.24) is 10.0 Å². The monoisotopic (exact) mass is 348 g/mol. The minimum Gasteiger partial charge on any atom is -0.464 e. The molecule has 1 aromatic carbocycles. The van der Waals surface area contributed by atoms with E-state index in [1.54, 1.807) is 0 Å². The SMILES string of the molecule is CC1CC1c1ccc(CNCCS(=O)(=O)NCc2ccccc2)o1. The number of benzene rings is 1. The lowest BCUT2D eigenvalue weighted by molar-refractivity contribution is 0.446. The van der Waals surface area contributed by atoms with E-state index in [0.29, 0.717) is 25.6 Å². The molecule has 5 nitrogen and oxygen atoms in total. The molecule has 0 spiro atoms. The molecule has 24 heavy (non-hydrogen) atoms. The van der Waals surface area contributed by atoms with Crippen molar-refractivity contribution >= 4 is 10.0 Å². The van der Waals surface area contributed by atoms with Crippen molar-refractivity contribution in [1.29, 1.82) is 0 Å². The van der Waals surface area contributed by atoms with Crippen molar-refractivity contribution in [2.75, 3.05) is 12.3 Å². The number of sulfonamides is 1. The van der Waals surface area contributed by atoms with Gasteiger partial charge in [-0.1, -0.05) is 37.3 Å². The molecule has 1 heterocycles. The van der Waals surface area contributed by atoms with Gasteiger partial charge in [0.05, 0.1) is 12.3 Å². The van der Waals surface area contributed by atoms with Gasteiger partial charge in [0.1, 0.15) is 11.5 Å². The second-order valence-corrected chi connectivity index (χ2v) is 8.35. The van der Waals surface area contributed by atoms with E-state index in [2.05, 4.69) is 17.0 Å². The van der Waals surface area contributed by atoms with Crippen molar-refractivity contribution in [2.45, 2.75) is 32.4 Å². The Morgan fingerprint density at radius 1 is 1.12 bits per heavy atom. The maximum absolute atomic E-state index is 12.0. The molecule has 0 aliphatic heterocycles. The molecule has 1 saturated carbocycles. The average molecular weight is 348 g/mol. The summed E-state index contributed by atoms with van der Waals surface area (Å²) >= 11 is 0. The molecule has 6 heteroatoms. The van der Waals surface area contributed by atoms with Gasteiger partial charge in [0.2, 0.25) is 10.0 Å². The number of hydrogen-bond acceptors (Lipinski definition) is 4. The van der Waals surface area contributed by atoms with Crippen LogP contribution in [0.5, 0.6) is 0 Å². The lowest BCUT2D eigenvalue weighted by Crippen LogP contribution is -2.31. The van der Waals surface area contributed by atoms with Crippen LogP contribution >= 0.6 is 0 Å². The van der Waals surface area contributed by atoms with Crippen molar-refractivity contribution < 1.29 is 12.8 Å². The second kappa shape index (κ2) is 7.51. The van der Waals surface area contributed by atoms with Crippen LogP contribution in [-0.4, -0.2) is 20.7 Å². The first-order chi connectivity index (χ1) is 11.5. The Hall–Kier alpha value is -1.63. The van der Waals surface area contributed by atoms with E-state index >= 15 is 0 Å². The summed E-state index contributed by atoms with van der Waals surface area (Å²) in [7, 11) is -3.28. The van der Waals surface area contributed by atoms with Gasteiger partial charge in [0, 0.05) is 19.0 Å². The molecule has 0 saturated heterocycles. The van der Waals surface area contributed by atoms with Gasteiger partial charge in [0.15, 0.2) is 0 Å². The molecule has 3 rings (SSSR count). The Morgan fingerprint density at radius 2 is 1.88 bits per heavy atom. The molecule has 130 valence electrons. The Morgan fingerprint density at radius 3 is 2.58 bits per heavy atom. The smallest absolute Gasteiger partial charge is 0.213 e. The molecule has 2 N–H and O–H groups in total. The summed E-state index contributed by atoms with van der Waals surface area (Å²) in [6.45, 7) is 3.48. The van der Waals surface area contributed by atoms with Gasteiger partial charge in [-0.2, -0.15) is 0 Å². The highest BCUT2D eigenvalue weighted by Gasteiger charge is 2.36. The zero-order valence-corrected chi connectivity index (χ0v) is 14.7. The zero-order chi connectivity index (χ0) is 17.0. The first kappa shape index (κ1) is 17.2. The quantitative estimate of drug-likeness (QED) is 0.684. The van der Waals surface area contributed by atoms with Crippen LogP contribution in [0.25, 0.3) is 0 Å². The zero-order valence-electron chi connectivity index (χ0n) is 13.9. The average Bonchev–Trinajstić information content (AvgIpc) is 3.12. The van der Waals surface area contributed by atoms with Gasteiger partial charge in [0.25, 0.3) is 0 Å². The molecule has 2 aromatic rings. The summed E-state index contributed by atoms with van der Waals surface area (Å²) in [5.74, 6) is 3.25. The van der Waals surface area contributed by atoms with Crippen molar-refractivity contribution in [2.24, 2.45) is 5.92 Å². The molecule has 0 bridgehead atoms. The van der Waals surface area contributed by atoms with Crippen LogP contribution in [0.3, 0.4) is 0 Å². The molecule has 0 amide bonds. The van der Waals surface area contributed by atoms with E-state index in [1.165, 1.54) is 6.42 Å². The largest absolute Gasteiger partial charge is 0.464 e. The molecule has 1 aliphatic rings. The number of hydrogen-bond donors (Lipinski definition) is 2. The fraction of sp³-hybridized carbons (Fsp3) is 0.444. The molecule has 0 radical (unpaired) electrons. The Kier molecular flexibility index (Phi) is 5.38. The number of nitrogens with one attached hydrogen (secondary N) is 2. The van der Waals surface area contributed by atoms with Gasteiger partial charge in [-0.05, 0) is 30.0 Å². The molecular weight excluding hydrogens is 324 g/mol. The highest BCUT2D eigenvalue weighted by atomic mass is 32.2. The standard InChI is InChI=1S/C18H24N2O3S/c1-14-11-17(14)18-8-7-16(23-18)13-19-9-10-24(21,22)20-12-15-5-3-2-4-6-15/h2-8,14,17,19-20H,9-13H2,1H3. The lowest BCUT2D eigenvalue weighted by Gasteiger charge is -2.07. The summed E-state index contributed by atoms with van der Waals surface area (Å²) in [5.41, 5.74) is 0.950. The summed E-state index contributed by atoms with van der Waals surface area (Å²) in [6, 6.07) is 13.5. The predicted octanol–water partition coefficient (Wildman–Crippen LogP) is 2.61. The van der Waals surface area contributed by atoms with Crippen LogP contribution in [0.4, 0.5) is 0 Å². The van der Waals surface area contributed by atoms with Gasteiger partial charge < -0.3 is 9.73 Å². The lowest BCUT2D eigenvalue weighted by atomic mass is 10.2. The van der Waals surface area contributed by atoms with Crippen LogP contribution in [0, 0.1) is 5.92 Å². The minimum absolute atomic E-state index is 0.0487. The minimum atomic E-state index is -3.28. The van der Waals surface area contributed by atoms with Crippen LogP contribution < -0.4 is 10.0 Å². The van der Waals surface area contributed by atoms with Crippen LogP contribution in [0.2, 0.25) is 0 Å². The molecule has 2 unspecified atom stereocenters. The first-order valence-corrected chi connectivity index (χ1v) is 9.99. The third-order valence-corrected chi connectivity index (χ3v) is 5.67. The fourth-order valence-corrected chi connectivity index (χ4v) is 3.63. The molecular formula is C18H24N2O3S. The Balaban J connectivity index is 1.37. The van der Waals surface area contributed by atoms with Gasteiger partial charge >= 0.3 is 0 Å². The van der Waals surface area contributed by atoms with E-state index in [-0.39, 0.29) is 5.75 Å². The van der Waals surface area contributed by atoms with Gasteiger partial charge in [-0.3, -0.25) is 0 Å². The van der Waals surface area contributed by atoms with Gasteiger partial charge in [-0.25, -0.2) is 13.1 Å². The Bertz CT molecular complexity index is 756. The van der Waals surface area contributed by atoms with E-state index in [4.69, 9.17) is 4.42 Å². The Labute approximate surface area is 143 Å². The van der Waals surface area contributed by atoms with Crippen LogP contribution in [-0.2, 0) is 23.1 Å². The summed E-state index contributed by atoms with van der Waals surface area (Å²) in [4.78, 5) is 0. The third kappa shape index (κ3) is 4.93.